The number of rotatable bonds is 4. The number of hydrogen-bond donors (Lipinski definition) is 0. The Morgan fingerprint density at radius 2 is 2.16 bits per heavy atom. The summed E-state index contributed by atoms with van der Waals surface area (Å²) in [6, 6.07) is 3.42. The van der Waals surface area contributed by atoms with E-state index in [2.05, 4.69) is 0 Å². The van der Waals surface area contributed by atoms with Crippen LogP contribution >= 0.6 is 0 Å². The molecule has 0 N–H and O–H groups in total. The molecular formula is C14H14O5. The molecule has 1 aromatic carbocycles. The predicted molar refractivity (Wildman–Crippen MR) is 68.8 cm³/mol. The van der Waals surface area contributed by atoms with Crippen LogP contribution in [0.15, 0.2) is 16.5 Å². The van der Waals surface area contributed by atoms with Crippen LogP contribution in [0.1, 0.15) is 33.4 Å². The van der Waals surface area contributed by atoms with Crippen molar-refractivity contribution in [3.05, 3.63) is 29.0 Å². The lowest BCUT2D eigenvalue weighted by Crippen LogP contribution is -2.04. The molecule has 2 aromatic rings. The molecule has 0 unspecified atom stereocenters. The number of esters is 1. The van der Waals surface area contributed by atoms with E-state index in [4.69, 9.17) is 13.9 Å². The standard InChI is InChI=1S/C14H14O5/c1-4-18-14(16)12-8(2)9-5-6-11(17-3)10(7-15)13(9)19-12/h5-7H,4H2,1-3H3. The quantitative estimate of drug-likeness (QED) is 0.626. The third kappa shape index (κ3) is 2.07. The van der Waals surface area contributed by atoms with E-state index < -0.39 is 5.97 Å². The maximum Gasteiger partial charge on any atom is 0.374 e. The van der Waals surface area contributed by atoms with Crippen LogP contribution in [0.2, 0.25) is 0 Å². The van der Waals surface area contributed by atoms with Gasteiger partial charge in [-0.05, 0) is 26.0 Å². The first-order valence-electron chi connectivity index (χ1n) is 5.86. The highest BCUT2D eigenvalue weighted by molar-refractivity contribution is 6.03. The summed E-state index contributed by atoms with van der Waals surface area (Å²) in [7, 11) is 1.47. The topological polar surface area (TPSA) is 65.7 Å². The predicted octanol–water partition coefficient (Wildman–Crippen LogP) is 2.74. The average molecular weight is 262 g/mol. The number of furan rings is 1. The number of fused-ring (bicyclic) bond motifs is 1. The molecular weight excluding hydrogens is 248 g/mol. The Kier molecular flexibility index (Phi) is 3.55. The molecule has 0 bridgehead atoms. The summed E-state index contributed by atoms with van der Waals surface area (Å²) in [5.74, 6) is -0.00752. The second kappa shape index (κ2) is 5.14. The zero-order valence-corrected chi connectivity index (χ0v) is 11.0. The lowest BCUT2D eigenvalue weighted by molar-refractivity contribution is 0.0491. The molecule has 2 rings (SSSR count). The van der Waals surface area contributed by atoms with Gasteiger partial charge in [0.05, 0.1) is 19.3 Å². The van der Waals surface area contributed by atoms with E-state index in [1.54, 1.807) is 26.0 Å². The summed E-state index contributed by atoms with van der Waals surface area (Å²) in [4.78, 5) is 22.9. The largest absolute Gasteiger partial charge is 0.496 e. The van der Waals surface area contributed by atoms with Crippen LogP contribution in [0.3, 0.4) is 0 Å². The zero-order chi connectivity index (χ0) is 14.0. The van der Waals surface area contributed by atoms with Crippen LogP contribution < -0.4 is 4.74 Å². The molecule has 0 aliphatic rings. The zero-order valence-electron chi connectivity index (χ0n) is 11.0. The average Bonchev–Trinajstić information content (AvgIpc) is 2.75. The molecule has 0 amide bonds. The second-order valence-corrected chi connectivity index (χ2v) is 3.95. The molecule has 0 radical (unpaired) electrons. The van der Waals surface area contributed by atoms with Crippen LogP contribution in [0.4, 0.5) is 0 Å². The van der Waals surface area contributed by atoms with Crippen molar-refractivity contribution in [3.8, 4) is 5.75 Å². The van der Waals surface area contributed by atoms with Gasteiger partial charge in [-0.1, -0.05) is 0 Å². The Morgan fingerprint density at radius 1 is 1.42 bits per heavy atom. The van der Waals surface area contributed by atoms with Gasteiger partial charge in [-0.15, -0.1) is 0 Å². The first kappa shape index (κ1) is 13.1. The minimum Gasteiger partial charge on any atom is -0.496 e. The Morgan fingerprint density at radius 3 is 2.74 bits per heavy atom. The van der Waals surface area contributed by atoms with E-state index in [0.717, 1.165) is 0 Å². The fourth-order valence-electron chi connectivity index (χ4n) is 1.97. The van der Waals surface area contributed by atoms with Gasteiger partial charge in [0.15, 0.2) is 6.29 Å². The van der Waals surface area contributed by atoms with Gasteiger partial charge in [-0.2, -0.15) is 0 Å². The number of ether oxygens (including phenoxy) is 2. The smallest absolute Gasteiger partial charge is 0.374 e. The van der Waals surface area contributed by atoms with E-state index in [1.807, 2.05) is 0 Å². The van der Waals surface area contributed by atoms with Gasteiger partial charge in [0.1, 0.15) is 11.3 Å². The third-order valence-electron chi connectivity index (χ3n) is 2.90. The van der Waals surface area contributed by atoms with Gasteiger partial charge >= 0.3 is 5.97 Å². The van der Waals surface area contributed by atoms with E-state index in [1.165, 1.54) is 7.11 Å². The molecule has 0 spiro atoms. The minimum atomic E-state index is -0.535. The molecule has 0 saturated heterocycles. The van der Waals surface area contributed by atoms with E-state index in [9.17, 15) is 9.59 Å². The van der Waals surface area contributed by atoms with Crippen LogP contribution in [0.5, 0.6) is 5.75 Å². The molecule has 0 aliphatic carbocycles. The Hall–Kier alpha value is -2.30. The first-order valence-corrected chi connectivity index (χ1v) is 5.86. The summed E-state index contributed by atoms with van der Waals surface area (Å²) in [5.41, 5.74) is 1.28. The highest BCUT2D eigenvalue weighted by Crippen LogP contribution is 2.32. The van der Waals surface area contributed by atoms with Crippen molar-refractivity contribution in [2.75, 3.05) is 13.7 Å². The van der Waals surface area contributed by atoms with Crippen molar-refractivity contribution in [1.29, 1.82) is 0 Å². The van der Waals surface area contributed by atoms with Gasteiger partial charge < -0.3 is 13.9 Å². The van der Waals surface area contributed by atoms with Crippen molar-refractivity contribution in [2.24, 2.45) is 0 Å². The molecule has 0 aliphatic heterocycles. The monoisotopic (exact) mass is 262 g/mol. The molecule has 0 saturated carbocycles. The van der Waals surface area contributed by atoms with Crippen molar-refractivity contribution >= 4 is 23.2 Å². The normalized spacial score (nSPS) is 10.5. The van der Waals surface area contributed by atoms with E-state index in [0.29, 0.717) is 34.1 Å². The van der Waals surface area contributed by atoms with Crippen LogP contribution in [-0.4, -0.2) is 26.0 Å². The van der Waals surface area contributed by atoms with Crippen molar-refractivity contribution in [2.45, 2.75) is 13.8 Å². The number of benzene rings is 1. The lowest BCUT2D eigenvalue weighted by atomic mass is 10.1. The van der Waals surface area contributed by atoms with Crippen molar-refractivity contribution < 1.29 is 23.5 Å². The fraction of sp³-hybridized carbons (Fsp3) is 0.286. The van der Waals surface area contributed by atoms with Crippen LogP contribution in [0, 0.1) is 6.92 Å². The molecule has 0 atom stereocenters. The van der Waals surface area contributed by atoms with Gasteiger partial charge in [-0.25, -0.2) is 4.79 Å². The summed E-state index contributed by atoms with van der Waals surface area (Å²) in [5, 5.41) is 0.700. The number of methoxy groups -OCH3 is 1. The lowest BCUT2D eigenvalue weighted by Gasteiger charge is -2.02. The summed E-state index contributed by atoms with van der Waals surface area (Å²) in [6.45, 7) is 3.73. The van der Waals surface area contributed by atoms with Gasteiger partial charge in [0, 0.05) is 10.9 Å². The fourth-order valence-corrected chi connectivity index (χ4v) is 1.97. The third-order valence-corrected chi connectivity index (χ3v) is 2.90. The Labute approximate surface area is 110 Å². The van der Waals surface area contributed by atoms with Crippen molar-refractivity contribution in [3.63, 3.8) is 0 Å². The second-order valence-electron chi connectivity index (χ2n) is 3.95. The highest BCUT2D eigenvalue weighted by atomic mass is 16.5. The van der Waals surface area contributed by atoms with Gasteiger partial charge in [0.25, 0.3) is 0 Å². The van der Waals surface area contributed by atoms with Gasteiger partial charge in [-0.3, -0.25) is 4.79 Å². The molecule has 0 fully saturated rings. The minimum absolute atomic E-state index is 0.119. The van der Waals surface area contributed by atoms with Gasteiger partial charge in [0.2, 0.25) is 5.76 Å². The van der Waals surface area contributed by atoms with E-state index >= 15 is 0 Å². The number of hydrogen-bond acceptors (Lipinski definition) is 5. The highest BCUT2D eigenvalue weighted by Gasteiger charge is 2.21. The summed E-state index contributed by atoms with van der Waals surface area (Å²) < 4.78 is 15.5. The maximum atomic E-state index is 11.8. The van der Waals surface area contributed by atoms with Crippen molar-refractivity contribution in [1.82, 2.24) is 0 Å². The molecule has 1 heterocycles. The molecule has 5 nitrogen and oxygen atoms in total. The summed E-state index contributed by atoms with van der Waals surface area (Å²) in [6.07, 6.45) is 0.652. The molecule has 5 heteroatoms. The number of aldehydes is 1. The SMILES string of the molecule is CCOC(=O)c1oc2c(C=O)c(OC)ccc2c1C. The summed E-state index contributed by atoms with van der Waals surface area (Å²) >= 11 is 0. The van der Waals surface area contributed by atoms with Crippen LogP contribution in [0.25, 0.3) is 11.0 Å². The Bertz CT molecular complexity index is 639. The number of carbonyl (C=O) groups is 2. The maximum absolute atomic E-state index is 11.8. The van der Waals surface area contributed by atoms with Crippen LogP contribution in [-0.2, 0) is 4.74 Å². The number of aryl methyl sites for hydroxylation is 1. The molecule has 19 heavy (non-hydrogen) atoms. The molecule has 100 valence electrons. The number of carbonyl (C=O) groups excluding carboxylic acids is 2. The Balaban J connectivity index is 2.69. The first-order chi connectivity index (χ1) is 9.13. The molecule has 1 aromatic heterocycles. The van der Waals surface area contributed by atoms with E-state index in [-0.39, 0.29) is 12.4 Å².